The van der Waals surface area contributed by atoms with Crippen molar-refractivity contribution in [1.29, 1.82) is 0 Å². The van der Waals surface area contributed by atoms with Gasteiger partial charge < -0.3 is 5.32 Å². The summed E-state index contributed by atoms with van der Waals surface area (Å²) < 4.78 is 0. The molecule has 3 rings (SSSR count). The molecule has 0 spiro atoms. The molecule has 3 atom stereocenters. The van der Waals surface area contributed by atoms with E-state index in [0.29, 0.717) is 6.04 Å². The molecule has 3 unspecified atom stereocenters. The smallest absolute Gasteiger partial charge is 0.0328 e. The Kier molecular flexibility index (Phi) is 3.95. The molecule has 0 heterocycles. The number of fused-ring (bicyclic) bond motifs is 1. The first-order chi connectivity index (χ1) is 8.86. The van der Waals surface area contributed by atoms with Gasteiger partial charge in [-0.1, -0.05) is 31.2 Å². The number of hydrogen-bond acceptors (Lipinski definition) is 2. The van der Waals surface area contributed by atoms with Gasteiger partial charge in [-0.3, -0.25) is 0 Å². The third kappa shape index (κ3) is 2.60. The van der Waals surface area contributed by atoms with E-state index in [9.17, 15) is 0 Å². The average molecular weight is 261 g/mol. The molecule has 2 heteroatoms. The molecule has 1 N–H and O–H groups in total. The minimum atomic E-state index is 0.622. The van der Waals surface area contributed by atoms with E-state index in [4.69, 9.17) is 0 Å². The average Bonchev–Trinajstić information content (AvgIpc) is 2.99. The maximum Gasteiger partial charge on any atom is 0.0328 e. The summed E-state index contributed by atoms with van der Waals surface area (Å²) in [5, 5.41) is 4.82. The van der Waals surface area contributed by atoms with Crippen LogP contribution in [0.1, 0.15) is 49.8 Å². The van der Waals surface area contributed by atoms with Gasteiger partial charge in [-0.05, 0) is 49.0 Å². The predicted octanol–water partition coefficient (Wildman–Crippen LogP) is 3.94. The Morgan fingerprint density at radius 3 is 3.00 bits per heavy atom. The van der Waals surface area contributed by atoms with E-state index in [-0.39, 0.29) is 0 Å². The van der Waals surface area contributed by atoms with Crippen LogP contribution in [0.4, 0.5) is 0 Å². The standard InChI is InChI=1S/C16H23NS/c1-2-18-14-9-8-13(11-14)17-16-10-7-12-5-3-4-6-15(12)16/h3-6,13-14,16-17H,2,7-11H2,1H3. The van der Waals surface area contributed by atoms with Crippen molar-refractivity contribution in [3.8, 4) is 0 Å². The number of benzene rings is 1. The van der Waals surface area contributed by atoms with Gasteiger partial charge in [-0.15, -0.1) is 0 Å². The summed E-state index contributed by atoms with van der Waals surface area (Å²) in [6, 6.07) is 10.3. The van der Waals surface area contributed by atoms with Gasteiger partial charge in [0.1, 0.15) is 0 Å². The Balaban J connectivity index is 1.59. The summed E-state index contributed by atoms with van der Waals surface area (Å²) in [6.45, 7) is 2.28. The van der Waals surface area contributed by atoms with Gasteiger partial charge in [0, 0.05) is 17.3 Å². The summed E-state index contributed by atoms with van der Waals surface area (Å²) in [7, 11) is 0. The molecule has 0 saturated heterocycles. The molecule has 0 radical (unpaired) electrons. The summed E-state index contributed by atoms with van der Waals surface area (Å²) >= 11 is 2.15. The van der Waals surface area contributed by atoms with Gasteiger partial charge in [0.2, 0.25) is 0 Å². The Morgan fingerprint density at radius 1 is 1.22 bits per heavy atom. The molecule has 0 bridgehead atoms. The van der Waals surface area contributed by atoms with Gasteiger partial charge >= 0.3 is 0 Å². The number of nitrogens with one attached hydrogen (secondary N) is 1. The van der Waals surface area contributed by atoms with Crippen LogP contribution in [0.25, 0.3) is 0 Å². The Labute approximate surface area is 115 Å². The summed E-state index contributed by atoms with van der Waals surface area (Å²) in [5.41, 5.74) is 3.12. The zero-order valence-corrected chi connectivity index (χ0v) is 12.0. The van der Waals surface area contributed by atoms with Gasteiger partial charge in [-0.25, -0.2) is 0 Å². The van der Waals surface area contributed by atoms with Crippen LogP contribution in [0.15, 0.2) is 24.3 Å². The van der Waals surface area contributed by atoms with Crippen molar-refractivity contribution in [3.63, 3.8) is 0 Å². The van der Waals surface area contributed by atoms with Crippen molar-refractivity contribution >= 4 is 11.8 Å². The van der Waals surface area contributed by atoms with E-state index in [0.717, 1.165) is 11.3 Å². The van der Waals surface area contributed by atoms with Crippen LogP contribution in [0, 0.1) is 0 Å². The van der Waals surface area contributed by atoms with Crippen LogP contribution in [0.5, 0.6) is 0 Å². The second-order valence-corrected chi connectivity index (χ2v) is 7.12. The van der Waals surface area contributed by atoms with Crippen LogP contribution < -0.4 is 5.32 Å². The maximum absolute atomic E-state index is 3.91. The molecular weight excluding hydrogens is 238 g/mol. The van der Waals surface area contributed by atoms with Crippen LogP contribution in [0.3, 0.4) is 0 Å². The molecule has 1 saturated carbocycles. The molecule has 1 aromatic carbocycles. The van der Waals surface area contributed by atoms with E-state index in [1.807, 2.05) is 0 Å². The molecular formula is C16H23NS. The molecule has 1 nitrogen and oxygen atoms in total. The number of thioether (sulfide) groups is 1. The molecule has 1 aromatic rings. The zero-order valence-electron chi connectivity index (χ0n) is 11.2. The van der Waals surface area contributed by atoms with Crippen LogP contribution >= 0.6 is 11.8 Å². The van der Waals surface area contributed by atoms with Crippen molar-refractivity contribution in [1.82, 2.24) is 5.32 Å². The summed E-state index contributed by atoms with van der Waals surface area (Å²) in [6.07, 6.45) is 6.70. The van der Waals surface area contributed by atoms with Gasteiger partial charge in [0.05, 0.1) is 0 Å². The number of rotatable bonds is 4. The molecule has 0 amide bonds. The van der Waals surface area contributed by atoms with Gasteiger partial charge in [-0.2, -0.15) is 11.8 Å². The SMILES string of the molecule is CCSC1CCC(NC2CCc3ccccc32)C1. The van der Waals surface area contributed by atoms with E-state index in [1.54, 1.807) is 11.1 Å². The van der Waals surface area contributed by atoms with E-state index >= 15 is 0 Å². The zero-order chi connectivity index (χ0) is 12.4. The highest BCUT2D eigenvalue weighted by molar-refractivity contribution is 7.99. The van der Waals surface area contributed by atoms with Crippen molar-refractivity contribution < 1.29 is 0 Å². The normalized spacial score (nSPS) is 30.6. The first-order valence-electron chi connectivity index (χ1n) is 7.32. The molecule has 2 aliphatic rings. The second-order valence-electron chi connectivity index (χ2n) is 5.54. The number of aryl methyl sites for hydroxylation is 1. The lowest BCUT2D eigenvalue weighted by Gasteiger charge is -2.20. The highest BCUT2D eigenvalue weighted by Crippen LogP contribution is 2.35. The molecule has 1 fully saturated rings. The highest BCUT2D eigenvalue weighted by atomic mass is 32.2. The van der Waals surface area contributed by atoms with Crippen molar-refractivity contribution in [3.05, 3.63) is 35.4 Å². The lowest BCUT2D eigenvalue weighted by atomic mass is 10.1. The Bertz CT molecular complexity index is 404. The van der Waals surface area contributed by atoms with Crippen LogP contribution in [-0.2, 0) is 6.42 Å². The van der Waals surface area contributed by atoms with Crippen molar-refractivity contribution in [2.24, 2.45) is 0 Å². The first-order valence-corrected chi connectivity index (χ1v) is 8.37. The third-order valence-electron chi connectivity index (χ3n) is 4.36. The quantitative estimate of drug-likeness (QED) is 0.881. The van der Waals surface area contributed by atoms with Crippen molar-refractivity contribution in [2.75, 3.05) is 5.75 Å². The third-order valence-corrected chi connectivity index (χ3v) is 5.59. The van der Waals surface area contributed by atoms with E-state index < -0.39 is 0 Å². The lowest BCUT2D eigenvalue weighted by Crippen LogP contribution is -2.30. The van der Waals surface area contributed by atoms with E-state index in [2.05, 4.69) is 48.3 Å². The van der Waals surface area contributed by atoms with Crippen LogP contribution in [-0.4, -0.2) is 17.0 Å². The fourth-order valence-electron chi connectivity index (χ4n) is 3.49. The van der Waals surface area contributed by atoms with E-state index in [1.165, 1.54) is 37.9 Å². The lowest BCUT2D eigenvalue weighted by molar-refractivity contribution is 0.438. The molecule has 18 heavy (non-hydrogen) atoms. The van der Waals surface area contributed by atoms with Crippen LogP contribution in [0.2, 0.25) is 0 Å². The largest absolute Gasteiger partial charge is 0.307 e. The fraction of sp³-hybridized carbons (Fsp3) is 0.625. The molecule has 98 valence electrons. The predicted molar refractivity (Wildman–Crippen MR) is 80.2 cm³/mol. The minimum Gasteiger partial charge on any atom is -0.307 e. The first kappa shape index (κ1) is 12.6. The van der Waals surface area contributed by atoms with Gasteiger partial charge in [0.25, 0.3) is 0 Å². The summed E-state index contributed by atoms with van der Waals surface area (Å²) in [5.74, 6) is 1.27. The Morgan fingerprint density at radius 2 is 2.11 bits per heavy atom. The minimum absolute atomic E-state index is 0.622. The Hall–Kier alpha value is -0.470. The maximum atomic E-state index is 3.91. The summed E-state index contributed by atoms with van der Waals surface area (Å²) in [4.78, 5) is 0. The fourth-order valence-corrected chi connectivity index (χ4v) is 4.64. The monoisotopic (exact) mass is 261 g/mol. The number of hydrogen-bond donors (Lipinski definition) is 1. The molecule has 0 aliphatic heterocycles. The molecule has 0 aromatic heterocycles. The highest BCUT2D eigenvalue weighted by Gasteiger charge is 2.29. The topological polar surface area (TPSA) is 12.0 Å². The second kappa shape index (κ2) is 5.66. The molecule has 2 aliphatic carbocycles. The van der Waals surface area contributed by atoms with Crippen molar-refractivity contribution in [2.45, 2.75) is 56.4 Å². The van der Waals surface area contributed by atoms with Gasteiger partial charge in [0.15, 0.2) is 0 Å².